The number of rotatable bonds is 2. The lowest BCUT2D eigenvalue weighted by Gasteiger charge is -2.58. The number of benzene rings is 2. The minimum atomic E-state index is -0.386. The summed E-state index contributed by atoms with van der Waals surface area (Å²) in [4.78, 5) is 14.4. The number of ketones is 1. The molecule has 27 heavy (non-hydrogen) atoms. The molecule has 0 aromatic heterocycles. The number of hydrogen-bond acceptors (Lipinski definition) is 1. The second-order valence-corrected chi connectivity index (χ2v) is 8.72. The Labute approximate surface area is 160 Å². The molecule has 1 spiro atoms. The van der Waals surface area contributed by atoms with Crippen molar-refractivity contribution >= 4 is 11.4 Å². The van der Waals surface area contributed by atoms with Gasteiger partial charge >= 0.3 is 0 Å². The SMILES string of the molecule is O=C1C(c2ccccc2)=C2CCCC23[C@H]2C=C[C@H](CC2)[C@]13c1ccccc1. The zero-order valence-corrected chi connectivity index (χ0v) is 15.5. The van der Waals surface area contributed by atoms with E-state index in [1.807, 2.05) is 6.07 Å². The van der Waals surface area contributed by atoms with Crippen LogP contribution < -0.4 is 0 Å². The first-order chi connectivity index (χ1) is 13.3. The minimum absolute atomic E-state index is 0.00821. The molecule has 2 aromatic carbocycles. The topological polar surface area (TPSA) is 17.1 Å². The highest BCUT2D eigenvalue weighted by molar-refractivity contribution is 6.30. The summed E-state index contributed by atoms with van der Waals surface area (Å²) in [5, 5.41) is 0. The van der Waals surface area contributed by atoms with Gasteiger partial charge in [0.2, 0.25) is 0 Å². The highest BCUT2D eigenvalue weighted by atomic mass is 16.1. The van der Waals surface area contributed by atoms with E-state index in [1.54, 1.807) is 0 Å². The summed E-state index contributed by atoms with van der Waals surface area (Å²) >= 11 is 0. The lowest BCUT2D eigenvalue weighted by Crippen LogP contribution is -2.59. The van der Waals surface area contributed by atoms with Gasteiger partial charge in [0, 0.05) is 11.0 Å². The summed E-state index contributed by atoms with van der Waals surface area (Å²) in [6.07, 6.45) is 10.7. The molecule has 4 atom stereocenters. The average Bonchev–Trinajstić information content (AvgIpc) is 3.25. The van der Waals surface area contributed by atoms with Crippen molar-refractivity contribution in [2.45, 2.75) is 37.5 Å². The molecule has 0 aliphatic heterocycles. The first-order valence-electron chi connectivity index (χ1n) is 10.4. The van der Waals surface area contributed by atoms with Crippen LogP contribution in [0.4, 0.5) is 0 Å². The zero-order valence-electron chi connectivity index (χ0n) is 15.5. The van der Waals surface area contributed by atoms with Gasteiger partial charge in [-0.15, -0.1) is 0 Å². The molecule has 1 heteroatoms. The molecule has 5 aliphatic carbocycles. The van der Waals surface area contributed by atoms with Crippen molar-refractivity contribution in [3.8, 4) is 0 Å². The van der Waals surface area contributed by atoms with Crippen molar-refractivity contribution in [2.24, 2.45) is 17.3 Å². The lowest BCUT2D eigenvalue weighted by atomic mass is 9.43. The molecule has 7 rings (SSSR count). The van der Waals surface area contributed by atoms with E-state index in [2.05, 4.69) is 66.7 Å². The molecule has 2 bridgehead atoms. The van der Waals surface area contributed by atoms with Crippen LogP contribution in [0.25, 0.3) is 5.57 Å². The van der Waals surface area contributed by atoms with E-state index >= 15 is 0 Å². The Balaban J connectivity index is 1.70. The van der Waals surface area contributed by atoms with E-state index in [4.69, 9.17) is 0 Å². The summed E-state index contributed by atoms with van der Waals surface area (Å²) < 4.78 is 0. The molecule has 0 saturated heterocycles. The fraction of sp³-hybridized carbons (Fsp3) is 0.346. The molecule has 1 nitrogen and oxygen atoms in total. The van der Waals surface area contributed by atoms with Gasteiger partial charge in [-0.3, -0.25) is 4.79 Å². The Hall–Kier alpha value is -2.41. The van der Waals surface area contributed by atoms with Crippen molar-refractivity contribution in [1.82, 2.24) is 0 Å². The normalized spacial score (nSPS) is 36.2. The standard InChI is InChI=1S/C26H24O/c27-24-23(18-8-3-1-4-9-18)22-12-7-17-25(22)19-13-15-21(16-14-19)26(24,25)20-10-5-2-6-11-20/h1-6,8-11,13,15,19,21H,7,12,14,16-17H2/t19-,21+,25?,26+/m0/s1. The molecule has 5 aliphatic rings. The molecule has 0 heterocycles. The van der Waals surface area contributed by atoms with E-state index in [0.717, 1.165) is 30.4 Å². The third-order valence-electron chi connectivity index (χ3n) is 7.97. The third-order valence-corrected chi connectivity index (χ3v) is 7.97. The highest BCUT2D eigenvalue weighted by Gasteiger charge is 2.72. The average molecular weight is 352 g/mol. The first-order valence-corrected chi connectivity index (χ1v) is 10.4. The zero-order chi connectivity index (χ0) is 18.1. The maximum absolute atomic E-state index is 14.4. The molecule has 134 valence electrons. The highest BCUT2D eigenvalue weighted by Crippen LogP contribution is 2.74. The van der Waals surface area contributed by atoms with Crippen LogP contribution in [0.3, 0.4) is 0 Å². The fourth-order valence-corrected chi connectivity index (χ4v) is 7.24. The second-order valence-electron chi connectivity index (χ2n) is 8.72. The van der Waals surface area contributed by atoms with Gasteiger partial charge in [-0.2, -0.15) is 0 Å². The van der Waals surface area contributed by atoms with E-state index in [-0.39, 0.29) is 10.8 Å². The fourth-order valence-electron chi connectivity index (χ4n) is 7.24. The number of allylic oxidation sites excluding steroid dienone is 4. The largest absolute Gasteiger partial charge is 0.293 e. The number of hydrogen-bond donors (Lipinski definition) is 0. The van der Waals surface area contributed by atoms with Gasteiger partial charge in [-0.1, -0.05) is 78.4 Å². The predicted octanol–water partition coefficient (Wildman–Crippen LogP) is 5.73. The van der Waals surface area contributed by atoms with E-state index < -0.39 is 0 Å². The number of carbonyl (C=O) groups excluding carboxylic acids is 1. The minimum Gasteiger partial charge on any atom is -0.293 e. The molecule has 0 amide bonds. The quantitative estimate of drug-likeness (QED) is 0.631. The maximum atomic E-state index is 14.4. The first kappa shape index (κ1) is 15.6. The van der Waals surface area contributed by atoms with E-state index in [0.29, 0.717) is 17.6 Å². The van der Waals surface area contributed by atoms with Crippen molar-refractivity contribution in [3.05, 3.63) is 89.5 Å². The van der Waals surface area contributed by atoms with Crippen LogP contribution in [0.15, 0.2) is 78.4 Å². The summed E-state index contributed by atoms with van der Waals surface area (Å²) in [6.45, 7) is 0. The molecule has 2 aromatic rings. The van der Waals surface area contributed by atoms with Gasteiger partial charge < -0.3 is 0 Å². The Bertz CT molecular complexity index is 983. The van der Waals surface area contributed by atoms with Gasteiger partial charge in [0.15, 0.2) is 5.78 Å². The van der Waals surface area contributed by atoms with E-state index in [1.165, 1.54) is 24.0 Å². The van der Waals surface area contributed by atoms with E-state index in [9.17, 15) is 4.79 Å². The summed E-state index contributed by atoms with van der Waals surface area (Å²) in [5.74, 6) is 1.23. The molecule has 2 fully saturated rings. The van der Waals surface area contributed by atoms with Gasteiger partial charge in [0.05, 0.1) is 5.41 Å². The van der Waals surface area contributed by atoms with Crippen LogP contribution >= 0.6 is 0 Å². The van der Waals surface area contributed by atoms with Crippen LogP contribution in [-0.4, -0.2) is 5.78 Å². The number of carbonyl (C=O) groups is 1. The Morgan fingerprint density at radius 1 is 0.815 bits per heavy atom. The van der Waals surface area contributed by atoms with Gasteiger partial charge in [0.25, 0.3) is 0 Å². The Kier molecular flexibility index (Phi) is 3.08. The van der Waals surface area contributed by atoms with Crippen molar-refractivity contribution in [3.63, 3.8) is 0 Å². The van der Waals surface area contributed by atoms with Crippen LogP contribution in [0.1, 0.15) is 43.2 Å². The molecule has 2 saturated carbocycles. The molecule has 1 unspecified atom stereocenters. The van der Waals surface area contributed by atoms with Crippen LogP contribution in [0, 0.1) is 17.3 Å². The predicted molar refractivity (Wildman–Crippen MR) is 108 cm³/mol. The smallest absolute Gasteiger partial charge is 0.175 e. The Morgan fingerprint density at radius 3 is 2.19 bits per heavy atom. The van der Waals surface area contributed by atoms with Crippen LogP contribution in [0.5, 0.6) is 0 Å². The molecule has 0 N–H and O–H groups in total. The van der Waals surface area contributed by atoms with Crippen LogP contribution in [0.2, 0.25) is 0 Å². The summed E-state index contributed by atoms with van der Waals surface area (Å²) in [5.41, 5.74) is 4.53. The summed E-state index contributed by atoms with van der Waals surface area (Å²) in [6, 6.07) is 21.2. The number of fused-ring (bicyclic) bond motifs is 1. The van der Waals surface area contributed by atoms with Crippen molar-refractivity contribution < 1.29 is 4.79 Å². The Morgan fingerprint density at radius 2 is 1.48 bits per heavy atom. The van der Waals surface area contributed by atoms with Gasteiger partial charge in [-0.25, -0.2) is 0 Å². The van der Waals surface area contributed by atoms with Crippen LogP contribution in [-0.2, 0) is 10.2 Å². The van der Waals surface area contributed by atoms with Gasteiger partial charge in [0.1, 0.15) is 0 Å². The molecular weight excluding hydrogens is 328 g/mol. The second kappa shape index (κ2) is 5.32. The van der Waals surface area contributed by atoms with Crippen molar-refractivity contribution in [1.29, 1.82) is 0 Å². The maximum Gasteiger partial charge on any atom is 0.175 e. The summed E-state index contributed by atoms with van der Waals surface area (Å²) in [7, 11) is 0. The lowest BCUT2D eigenvalue weighted by molar-refractivity contribution is -0.128. The van der Waals surface area contributed by atoms with Crippen molar-refractivity contribution in [2.75, 3.05) is 0 Å². The number of Topliss-reactive ketones (excluding diaryl/α,β-unsaturated/α-hetero) is 1. The van der Waals surface area contributed by atoms with Gasteiger partial charge in [-0.05, 0) is 55.1 Å². The molecular formula is C26H24O. The third kappa shape index (κ3) is 1.65. The molecule has 0 radical (unpaired) electrons. The monoisotopic (exact) mass is 352 g/mol.